The van der Waals surface area contributed by atoms with Gasteiger partial charge in [-0.2, -0.15) is 0 Å². The fourth-order valence-corrected chi connectivity index (χ4v) is 5.10. The molecule has 0 aromatic heterocycles. The molecule has 0 saturated carbocycles. The lowest BCUT2D eigenvalue weighted by molar-refractivity contribution is -0.132. The molecule has 1 N–H and O–H groups in total. The van der Waals surface area contributed by atoms with Crippen LogP contribution in [-0.2, 0) is 15.0 Å². The van der Waals surface area contributed by atoms with E-state index in [1.807, 2.05) is 80.6 Å². The monoisotopic (exact) mass is 519 g/mol. The van der Waals surface area contributed by atoms with Crippen molar-refractivity contribution in [1.82, 2.24) is 0 Å². The predicted molar refractivity (Wildman–Crippen MR) is 156 cm³/mol. The summed E-state index contributed by atoms with van der Waals surface area (Å²) in [6.45, 7) is 10.3. The molecule has 1 amide bonds. The maximum atomic E-state index is 13.7. The number of anilines is 1. The van der Waals surface area contributed by atoms with Crippen molar-refractivity contribution >= 4 is 33.9 Å². The van der Waals surface area contributed by atoms with Crippen LogP contribution in [0.1, 0.15) is 57.4 Å². The number of ketones is 1. The molecule has 1 saturated heterocycles. The molecule has 5 heteroatoms. The molecule has 4 aromatic rings. The van der Waals surface area contributed by atoms with E-state index in [1.165, 1.54) is 4.90 Å². The van der Waals surface area contributed by atoms with Crippen molar-refractivity contribution in [3.8, 4) is 5.75 Å². The number of rotatable bonds is 5. The standard InChI is InChI=1S/C34H33NO4/c1-21(2)39-26-19-15-24(16-20-26)31(36)29-30(23-13-17-25(18-14-23)34(3,4)5)35(33(38)32(29)37)28-12-8-10-22-9-6-7-11-27(22)28/h6-21,30,36H,1-5H3/b31-29+. The Labute approximate surface area is 229 Å². The number of hydrogen-bond donors (Lipinski definition) is 1. The van der Waals surface area contributed by atoms with Gasteiger partial charge in [0.25, 0.3) is 11.7 Å². The van der Waals surface area contributed by atoms with Crippen LogP contribution in [0.15, 0.2) is 96.6 Å². The van der Waals surface area contributed by atoms with Gasteiger partial charge in [0.1, 0.15) is 11.5 Å². The van der Waals surface area contributed by atoms with Gasteiger partial charge in [-0.1, -0.05) is 81.4 Å². The van der Waals surface area contributed by atoms with Crippen molar-refractivity contribution < 1.29 is 19.4 Å². The van der Waals surface area contributed by atoms with Gasteiger partial charge < -0.3 is 9.84 Å². The van der Waals surface area contributed by atoms with Gasteiger partial charge in [0.2, 0.25) is 0 Å². The summed E-state index contributed by atoms with van der Waals surface area (Å²) in [7, 11) is 0. The Balaban J connectivity index is 1.70. The molecule has 1 fully saturated rings. The molecule has 39 heavy (non-hydrogen) atoms. The minimum atomic E-state index is -0.795. The van der Waals surface area contributed by atoms with Crippen LogP contribution in [-0.4, -0.2) is 22.9 Å². The zero-order valence-corrected chi connectivity index (χ0v) is 22.9. The fraction of sp³-hybridized carbons (Fsp3) is 0.235. The molecule has 5 nitrogen and oxygen atoms in total. The van der Waals surface area contributed by atoms with E-state index in [0.29, 0.717) is 17.0 Å². The molecule has 1 heterocycles. The number of Topliss-reactive ketones (excluding diaryl/α,β-unsaturated/α-hetero) is 1. The number of aliphatic hydroxyl groups excluding tert-OH is 1. The first kappa shape index (κ1) is 26.2. The Morgan fingerprint density at radius 2 is 1.49 bits per heavy atom. The van der Waals surface area contributed by atoms with Crippen LogP contribution in [0.25, 0.3) is 16.5 Å². The average molecular weight is 520 g/mol. The van der Waals surface area contributed by atoms with Gasteiger partial charge in [-0.05, 0) is 66.1 Å². The van der Waals surface area contributed by atoms with Gasteiger partial charge in [0.05, 0.1) is 23.4 Å². The molecule has 0 bridgehead atoms. The van der Waals surface area contributed by atoms with E-state index >= 15 is 0 Å². The predicted octanol–water partition coefficient (Wildman–Crippen LogP) is 7.55. The minimum absolute atomic E-state index is 0.00605. The second-order valence-electron chi connectivity index (χ2n) is 11.2. The molecule has 1 unspecified atom stereocenters. The fourth-order valence-electron chi connectivity index (χ4n) is 5.10. The second-order valence-corrected chi connectivity index (χ2v) is 11.2. The highest BCUT2D eigenvalue weighted by Crippen LogP contribution is 2.44. The number of carbonyl (C=O) groups excluding carboxylic acids is 2. The van der Waals surface area contributed by atoms with Gasteiger partial charge in [-0.15, -0.1) is 0 Å². The van der Waals surface area contributed by atoms with Gasteiger partial charge in [0, 0.05) is 10.9 Å². The van der Waals surface area contributed by atoms with E-state index in [2.05, 4.69) is 20.8 Å². The van der Waals surface area contributed by atoms with Crippen LogP contribution in [0.2, 0.25) is 0 Å². The molecule has 198 valence electrons. The highest BCUT2D eigenvalue weighted by molar-refractivity contribution is 6.52. The SMILES string of the molecule is CC(C)Oc1ccc(/C(O)=C2\C(=O)C(=O)N(c3cccc4ccccc34)C2c2ccc(C(C)(C)C)cc2)cc1. The lowest BCUT2D eigenvalue weighted by Gasteiger charge is -2.27. The number of carbonyl (C=O) groups is 2. The van der Waals surface area contributed by atoms with Crippen molar-refractivity contribution in [2.45, 2.75) is 52.2 Å². The topological polar surface area (TPSA) is 66.8 Å². The molecule has 0 aliphatic carbocycles. The lowest BCUT2D eigenvalue weighted by Crippen LogP contribution is -2.29. The first-order valence-corrected chi connectivity index (χ1v) is 13.2. The Kier molecular flexibility index (Phi) is 6.77. The molecule has 1 aliphatic heterocycles. The van der Waals surface area contributed by atoms with Gasteiger partial charge >= 0.3 is 0 Å². The number of ether oxygens (including phenoxy) is 1. The summed E-state index contributed by atoms with van der Waals surface area (Å²) >= 11 is 0. The summed E-state index contributed by atoms with van der Waals surface area (Å²) in [5.41, 5.74) is 2.95. The highest BCUT2D eigenvalue weighted by Gasteiger charge is 2.47. The maximum Gasteiger partial charge on any atom is 0.300 e. The molecule has 0 spiro atoms. The third-order valence-corrected chi connectivity index (χ3v) is 7.06. The molecule has 4 aromatic carbocycles. The quantitative estimate of drug-likeness (QED) is 0.168. The number of amides is 1. The second kappa shape index (κ2) is 10.1. The van der Waals surface area contributed by atoms with Crippen LogP contribution >= 0.6 is 0 Å². The summed E-state index contributed by atoms with van der Waals surface area (Å²) in [5, 5.41) is 13.3. The van der Waals surface area contributed by atoms with Crippen LogP contribution in [0.5, 0.6) is 5.75 Å². The van der Waals surface area contributed by atoms with E-state index in [0.717, 1.165) is 21.9 Å². The van der Waals surface area contributed by atoms with Crippen LogP contribution in [0.4, 0.5) is 5.69 Å². The van der Waals surface area contributed by atoms with Crippen molar-refractivity contribution in [3.63, 3.8) is 0 Å². The zero-order valence-electron chi connectivity index (χ0n) is 22.9. The Hall–Kier alpha value is -4.38. The summed E-state index contributed by atoms with van der Waals surface area (Å²) in [4.78, 5) is 28.8. The highest BCUT2D eigenvalue weighted by atomic mass is 16.5. The molecule has 1 aliphatic rings. The van der Waals surface area contributed by atoms with E-state index in [9.17, 15) is 14.7 Å². The molecular weight excluding hydrogens is 486 g/mol. The number of nitrogens with zero attached hydrogens (tertiary/aromatic N) is 1. The van der Waals surface area contributed by atoms with Gasteiger partial charge in [0.15, 0.2) is 0 Å². The molecule has 1 atom stereocenters. The molecular formula is C34H33NO4. The van der Waals surface area contributed by atoms with Crippen molar-refractivity contribution in [3.05, 3.63) is 113 Å². The van der Waals surface area contributed by atoms with Crippen LogP contribution in [0.3, 0.4) is 0 Å². The first-order valence-electron chi connectivity index (χ1n) is 13.2. The summed E-state index contributed by atoms with van der Waals surface area (Å²) in [5.74, 6) is -0.936. The number of aliphatic hydroxyl groups is 1. The maximum absolute atomic E-state index is 13.7. The Bertz CT molecular complexity index is 1570. The average Bonchev–Trinajstić information content (AvgIpc) is 3.17. The third kappa shape index (κ3) is 4.92. The number of benzene rings is 4. The van der Waals surface area contributed by atoms with Gasteiger partial charge in [-0.25, -0.2) is 0 Å². The summed E-state index contributed by atoms with van der Waals surface area (Å²) in [6, 6.07) is 27.5. The van der Waals surface area contributed by atoms with Gasteiger partial charge in [-0.3, -0.25) is 14.5 Å². The third-order valence-electron chi connectivity index (χ3n) is 7.06. The summed E-state index contributed by atoms with van der Waals surface area (Å²) in [6.07, 6.45) is 0.00605. The normalized spacial score (nSPS) is 17.3. The van der Waals surface area contributed by atoms with E-state index in [-0.39, 0.29) is 22.9 Å². The lowest BCUT2D eigenvalue weighted by atomic mass is 9.85. The zero-order chi connectivity index (χ0) is 27.9. The van der Waals surface area contributed by atoms with Crippen LogP contribution < -0.4 is 9.64 Å². The largest absolute Gasteiger partial charge is 0.507 e. The Morgan fingerprint density at radius 3 is 2.13 bits per heavy atom. The number of hydrogen-bond acceptors (Lipinski definition) is 4. The number of fused-ring (bicyclic) bond motifs is 1. The van der Waals surface area contributed by atoms with E-state index in [4.69, 9.17) is 4.74 Å². The first-order chi connectivity index (χ1) is 18.6. The van der Waals surface area contributed by atoms with Crippen molar-refractivity contribution in [1.29, 1.82) is 0 Å². The summed E-state index contributed by atoms with van der Waals surface area (Å²) < 4.78 is 5.73. The molecule has 5 rings (SSSR count). The van der Waals surface area contributed by atoms with E-state index in [1.54, 1.807) is 24.3 Å². The smallest absolute Gasteiger partial charge is 0.300 e. The van der Waals surface area contributed by atoms with Crippen molar-refractivity contribution in [2.75, 3.05) is 4.90 Å². The Morgan fingerprint density at radius 1 is 0.846 bits per heavy atom. The molecule has 0 radical (unpaired) electrons. The van der Waals surface area contributed by atoms with E-state index < -0.39 is 17.7 Å². The van der Waals surface area contributed by atoms with Crippen LogP contribution in [0, 0.1) is 0 Å². The van der Waals surface area contributed by atoms with Crippen molar-refractivity contribution in [2.24, 2.45) is 0 Å². The minimum Gasteiger partial charge on any atom is -0.507 e.